The van der Waals surface area contributed by atoms with E-state index < -0.39 is 46.1 Å². The summed E-state index contributed by atoms with van der Waals surface area (Å²) in [5.41, 5.74) is -3.45. The molecule has 2 saturated heterocycles. The van der Waals surface area contributed by atoms with E-state index in [4.69, 9.17) is 4.74 Å². The number of hydrogen-bond acceptors (Lipinski definition) is 8. The number of anilines is 3. The molecule has 2 atom stereocenters. The van der Waals surface area contributed by atoms with E-state index in [9.17, 15) is 22.8 Å². The van der Waals surface area contributed by atoms with Gasteiger partial charge in [0.05, 0.1) is 35.6 Å². The van der Waals surface area contributed by atoms with Crippen molar-refractivity contribution in [1.82, 2.24) is 15.2 Å². The van der Waals surface area contributed by atoms with Crippen molar-refractivity contribution < 1.29 is 36.3 Å². The van der Waals surface area contributed by atoms with Crippen LogP contribution in [-0.4, -0.2) is 93.8 Å². The molecule has 1 aromatic heterocycles. The van der Waals surface area contributed by atoms with E-state index in [1.165, 1.54) is 19.3 Å². The molecule has 1 aromatic carbocycles. The number of nitrogens with zero attached hydrogens (tertiary/aromatic N) is 4. The normalized spacial score (nSPS) is 20.5. The van der Waals surface area contributed by atoms with Gasteiger partial charge in [0.25, 0.3) is 5.91 Å². The number of benzene rings is 1. The molecule has 0 bridgehead atoms. The Morgan fingerprint density at radius 2 is 1.75 bits per heavy atom. The van der Waals surface area contributed by atoms with E-state index in [0.29, 0.717) is 45.2 Å². The zero-order chi connectivity index (χ0) is 32.2. The number of alkyl halides is 3. The van der Waals surface area contributed by atoms with E-state index in [1.54, 1.807) is 11.0 Å². The van der Waals surface area contributed by atoms with Crippen LogP contribution in [0.5, 0.6) is 0 Å². The number of amides is 1. The number of ether oxygens (including phenoxy) is 1. The minimum atomic E-state index is -5.08. The van der Waals surface area contributed by atoms with Crippen LogP contribution in [0.3, 0.4) is 0 Å². The first kappa shape index (κ1) is 32.9. The van der Waals surface area contributed by atoms with Gasteiger partial charge >= 0.3 is 6.18 Å². The second kappa shape index (κ2) is 13.7. The Hall–Kier alpha value is -4.04. The highest BCUT2D eigenvalue weighted by molar-refractivity contribution is 6.09. The zero-order valence-corrected chi connectivity index (χ0v) is 24.8. The number of carbonyl (C=O) groups is 2. The van der Waals surface area contributed by atoms with Crippen LogP contribution >= 0.6 is 0 Å². The second-order valence-corrected chi connectivity index (χ2v) is 10.7. The van der Waals surface area contributed by atoms with Gasteiger partial charge in [-0.2, -0.15) is 13.2 Å². The number of rotatable bonds is 8. The predicted octanol–water partition coefficient (Wildman–Crippen LogP) is 4.12. The van der Waals surface area contributed by atoms with E-state index in [2.05, 4.69) is 20.5 Å². The maximum absolute atomic E-state index is 16.5. The first-order valence-electron chi connectivity index (χ1n) is 14.1. The molecule has 238 valence electrons. The van der Waals surface area contributed by atoms with E-state index in [1.807, 2.05) is 25.8 Å². The summed E-state index contributed by atoms with van der Waals surface area (Å²) in [5.74, 6) is -2.87. The average Bonchev–Trinajstić information content (AvgIpc) is 2.99. The number of pyridine rings is 1. The van der Waals surface area contributed by atoms with Crippen molar-refractivity contribution in [3.05, 3.63) is 59.5 Å². The lowest BCUT2D eigenvalue weighted by Gasteiger charge is -2.44. The van der Waals surface area contributed by atoms with Crippen LogP contribution in [0.15, 0.2) is 47.8 Å². The number of aromatic nitrogens is 1. The van der Waals surface area contributed by atoms with E-state index >= 15 is 8.78 Å². The summed E-state index contributed by atoms with van der Waals surface area (Å²) in [6, 6.07) is 4.09. The Morgan fingerprint density at radius 3 is 2.30 bits per heavy atom. The van der Waals surface area contributed by atoms with Crippen LogP contribution in [0, 0.1) is 11.6 Å². The summed E-state index contributed by atoms with van der Waals surface area (Å²) in [4.78, 5) is 34.5. The number of allylic oxidation sites excluding steroid dienone is 1. The van der Waals surface area contributed by atoms with Gasteiger partial charge in [0, 0.05) is 69.3 Å². The Bertz CT molecular complexity index is 1410. The number of nitrogens with one attached hydrogen (secondary N) is 2. The van der Waals surface area contributed by atoms with Gasteiger partial charge < -0.3 is 25.2 Å². The zero-order valence-electron chi connectivity index (χ0n) is 24.8. The standard InChI is InChI=1S/C30H35F5N6O3/c1-18-16-41(17-19(2)39(18)4)24-13-23(31)26(20-5-6-25(37-14-20)40-8-11-44-12-9-40)27(32)28(24)38-29(43)21(15-36-3)22(7-10-42)30(33,34)35/h5-7,10,13-15,18-19,36H,8-9,11-12,16-17H2,1-4H3,(H,38,43)/b21-15+,22-7+. The van der Waals surface area contributed by atoms with Crippen molar-refractivity contribution in [1.29, 1.82) is 0 Å². The molecule has 0 spiro atoms. The van der Waals surface area contributed by atoms with Crippen LogP contribution in [0.25, 0.3) is 11.1 Å². The summed E-state index contributed by atoms with van der Waals surface area (Å²) in [6.07, 6.45) is -2.90. The first-order chi connectivity index (χ1) is 20.9. The average molecular weight is 623 g/mol. The topological polar surface area (TPSA) is 90.0 Å². The largest absolute Gasteiger partial charge is 0.417 e. The summed E-state index contributed by atoms with van der Waals surface area (Å²) in [6.45, 7) is 6.75. The molecule has 44 heavy (non-hydrogen) atoms. The second-order valence-electron chi connectivity index (χ2n) is 10.7. The molecule has 14 heteroatoms. The molecule has 4 rings (SSSR count). The van der Waals surface area contributed by atoms with Crippen molar-refractivity contribution in [3.8, 4) is 11.1 Å². The van der Waals surface area contributed by atoms with Gasteiger partial charge in [-0.25, -0.2) is 13.8 Å². The number of likely N-dealkylation sites (N-methyl/N-ethyl adjacent to an activating group) is 1. The Kier molecular flexibility index (Phi) is 10.3. The molecule has 1 amide bonds. The molecule has 0 radical (unpaired) electrons. The Morgan fingerprint density at radius 1 is 1.09 bits per heavy atom. The van der Waals surface area contributed by atoms with Crippen LogP contribution in [0.2, 0.25) is 0 Å². The SMILES string of the molecule is CN/C=C(C(=O)Nc1c(N2CC(C)N(C)C(C)C2)cc(F)c(-c2ccc(N3CCOCC3)nc2)c1F)\C(=C/C=O)C(F)(F)F. The maximum Gasteiger partial charge on any atom is 0.417 e. The molecule has 2 unspecified atom stereocenters. The van der Waals surface area contributed by atoms with Crippen LogP contribution in [0.1, 0.15) is 13.8 Å². The fourth-order valence-electron chi connectivity index (χ4n) is 5.35. The third kappa shape index (κ3) is 7.02. The molecule has 3 heterocycles. The molecular weight excluding hydrogens is 587 g/mol. The number of hydrogen-bond donors (Lipinski definition) is 2. The number of aldehydes is 1. The fourth-order valence-corrected chi connectivity index (χ4v) is 5.35. The van der Waals surface area contributed by atoms with Gasteiger partial charge in [0.2, 0.25) is 0 Å². The molecule has 2 fully saturated rings. The van der Waals surface area contributed by atoms with Gasteiger partial charge in [-0.05, 0) is 39.1 Å². The quantitative estimate of drug-likeness (QED) is 0.197. The third-order valence-corrected chi connectivity index (χ3v) is 7.87. The smallest absolute Gasteiger partial charge is 0.393 e. The third-order valence-electron chi connectivity index (χ3n) is 7.87. The van der Waals surface area contributed by atoms with Crippen LogP contribution in [0.4, 0.5) is 39.1 Å². The molecule has 2 aromatic rings. The van der Waals surface area contributed by atoms with Crippen LogP contribution < -0.4 is 20.4 Å². The molecule has 9 nitrogen and oxygen atoms in total. The molecule has 0 saturated carbocycles. The minimum absolute atomic E-state index is 0.0291. The minimum Gasteiger partial charge on any atom is -0.393 e. The van der Waals surface area contributed by atoms with Gasteiger partial charge in [0.1, 0.15) is 23.6 Å². The molecule has 2 aliphatic rings. The van der Waals surface area contributed by atoms with Crippen molar-refractivity contribution in [2.75, 3.05) is 68.6 Å². The van der Waals surface area contributed by atoms with E-state index in [0.717, 1.165) is 12.3 Å². The van der Waals surface area contributed by atoms with Crippen molar-refractivity contribution in [3.63, 3.8) is 0 Å². The highest BCUT2D eigenvalue weighted by atomic mass is 19.4. The number of piperazine rings is 1. The van der Waals surface area contributed by atoms with E-state index in [-0.39, 0.29) is 35.7 Å². The van der Waals surface area contributed by atoms with Crippen LogP contribution in [-0.2, 0) is 14.3 Å². The van der Waals surface area contributed by atoms with Gasteiger partial charge in [0.15, 0.2) is 5.82 Å². The van der Waals surface area contributed by atoms with Crippen molar-refractivity contribution >= 4 is 29.4 Å². The molecular formula is C30H35F5N6O3. The van der Waals surface area contributed by atoms with Crippen molar-refractivity contribution in [2.45, 2.75) is 32.1 Å². The number of carbonyl (C=O) groups excluding carboxylic acids is 2. The fraction of sp³-hybridized carbons (Fsp3) is 0.433. The Balaban J connectivity index is 1.82. The highest BCUT2D eigenvalue weighted by Gasteiger charge is 2.39. The monoisotopic (exact) mass is 622 g/mol. The number of halogens is 5. The lowest BCUT2D eigenvalue weighted by molar-refractivity contribution is -0.115. The summed E-state index contributed by atoms with van der Waals surface area (Å²) >= 11 is 0. The van der Waals surface area contributed by atoms with Crippen molar-refractivity contribution in [2.24, 2.45) is 0 Å². The maximum atomic E-state index is 16.5. The molecule has 0 aliphatic carbocycles. The Labute approximate surface area is 252 Å². The first-order valence-corrected chi connectivity index (χ1v) is 14.1. The lowest BCUT2D eigenvalue weighted by atomic mass is 10.0. The predicted molar refractivity (Wildman–Crippen MR) is 157 cm³/mol. The molecule has 2 aliphatic heterocycles. The summed E-state index contributed by atoms with van der Waals surface area (Å²) in [7, 11) is 3.19. The lowest BCUT2D eigenvalue weighted by Crippen LogP contribution is -2.55. The van der Waals surface area contributed by atoms with Gasteiger partial charge in [-0.15, -0.1) is 0 Å². The summed E-state index contributed by atoms with van der Waals surface area (Å²) < 4.78 is 79.1. The highest BCUT2D eigenvalue weighted by Crippen LogP contribution is 2.40. The van der Waals surface area contributed by atoms with Gasteiger partial charge in [-0.3, -0.25) is 14.5 Å². The molecule has 2 N–H and O–H groups in total. The number of morpholine rings is 1. The summed E-state index contributed by atoms with van der Waals surface area (Å²) in [5, 5.41) is 4.63. The van der Waals surface area contributed by atoms with Gasteiger partial charge in [-0.1, -0.05) is 0 Å².